The van der Waals surface area contributed by atoms with Crippen molar-refractivity contribution in [1.29, 1.82) is 0 Å². The van der Waals surface area contributed by atoms with Gasteiger partial charge in [-0.3, -0.25) is 4.99 Å². The largest absolute Gasteiger partial charge is 0.488 e. The van der Waals surface area contributed by atoms with Gasteiger partial charge in [0.15, 0.2) is 0 Å². The Morgan fingerprint density at radius 1 is 1.16 bits per heavy atom. The second kappa shape index (κ2) is 11.5. The minimum Gasteiger partial charge on any atom is -0.488 e. The molecule has 0 saturated carbocycles. The molecule has 1 aliphatic rings. The lowest BCUT2D eigenvalue weighted by molar-refractivity contribution is -0.136. The third-order valence-electron chi connectivity index (χ3n) is 4.52. The van der Waals surface area contributed by atoms with Crippen molar-refractivity contribution >= 4 is 40.6 Å². The number of alkyl halides is 2. The Morgan fingerprint density at radius 3 is 2.56 bits per heavy atom. The lowest BCUT2D eigenvalue weighted by Gasteiger charge is -2.17. The van der Waals surface area contributed by atoms with Crippen LogP contribution >= 0.6 is 23.5 Å². The van der Waals surface area contributed by atoms with E-state index in [0.29, 0.717) is 5.57 Å². The number of nitrogens with zero attached hydrogens (tertiary/aromatic N) is 1. The summed E-state index contributed by atoms with van der Waals surface area (Å²) >= 11 is 3.31. The number of esters is 1. The molecule has 32 heavy (non-hydrogen) atoms. The quantitative estimate of drug-likeness (QED) is 0.148. The number of ether oxygens (including phenoxy) is 2. The van der Waals surface area contributed by atoms with Crippen LogP contribution in [0.5, 0.6) is 5.75 Å². The minimum absolute atomic E-state index is 0.0130. The molecule has 0 radical (unpaired) electrons. The van der Waals surface area contributed by atoms with E-state index in [4.69, 9.17) is 9.47 Å². The number of fused-ring (bicyclic) bond motifs is 1. The molecule has 1 aliphatic heterocycles. The van der Waals surface area contributed by atoms with Crippen LogP contribution in [0.4, 0.5) is 8.78 Å². The number of carbonyl (C=O) groups excluding carboxylic acids is 1. The van der Waals surface area contributed by atoms with Gasteiger partial charge in [-0.1, -0.05) is 24.3 Å². The molecule has 2 aromatic rings. The molecule has 170 valence electrons. The van der Waals surface area contributed by atoms with Crippen molar-refractivity contribution < 1.29 is 23.0 Å². The van der Waals surface area contributed by atoms with Gasteiger partial charge in [0.2, 0.25) is 0 Å². The molecule has 8 heteroatoms. The molecule has 0 N–H and O–H groups in total. The standard InChI is InChI=1S/C24H25F2NO3S2/c1-15(2)27-23(17-6-4-16(5-7-17)22(25)26)32-11-10-31-20-8-9-21-18(13-20)12-19(14-30-21)24(28)29-3/h4-9,12-13,15,22H,10-11,14H2,1-3H3. The predicted molar refractivity (Wildman–Crippen MR) is 128 cm³/mol. The number of rotatable bonds is 8. The molecule has 3 rings (SSSR count). The number of hydrogen-bond donors (Lipinski definition) is 0. The van der Waals surface area contributed by atoms with Gasteiger partial charge >= 0.3 is 5.97 Å². The van der Waals surface area contributed by atoms with E-state index in [1.54, 1.807) is 41.7 Å². The number of thioether (sulfide) groups is 2. The average molecular weight is 478 g/mol. The Kier molecular flexibility index (Phi) is 8.75. The number of benzene rings is 2. The fourth-order valence-electron chi connectivity index (χ4n) is 2.99. The number of halogens is 2. The van der Waals surface area contributed by atoms with Crippen LogP contribution in [-0.2, 0) is 9.53 Å². The van der Waals surface area contributed by atoms with Gasteiger partial charge in [0.25, 0.3) is 6.43 Å². The number of aliphatic imine (C=N–C) groups is 1. The van der Waals surface area contributed by atoms with Crippen molar-refractivity contribution in [2.45, 2.75) is 31.2 Å². The highest BCUT2D eigenvalue weighted by Gasteiger charge is 2.18. The van der Waals surface area contributed by atoms with Crippen molar-refractivity contribution in [3.8, 4) is 5.75 Å². The fraction of sp³-hybridized carbons (Fsp3) is 0.333. The zero-order chi connectivity index (χ0) is 23.1. The molecular formula is C24H25F2NO3S2. The van der Waals surface area contributed by atoms with Gasteiger partial charge in [0, 0.05) is 39.1 Å². The van der Waals surface area contributed by atoms with Gasteiger partial charge in [-0.2, -0.15) is 0 Å². The molecule has 0 bridgehead atoms. The molecule has 0 unspecified atom stereocenters. The van der Waals surface area contributed by atoms with Crippen molar-refractivity contribution in [3.05, 3.63) is 64.7 Å². The second-order valence-electron chi connectivity index (χ2n) is 7.30. The van der Waals surface area contributed by atoms with Crippen LogP contribution in [0.3, 0.4) is 0 Å². The highest BCUT2D eigenvalue weighted by atomic mass is 32.2. The minimum atomic E-state index is -2.47. The second-order valence-corrected chi connectivity index (χ2v) is 9.55. The van der Waals surface area contributed by atoms with E-state index in [0.717, 1.165) is 38.3 Å². The van der Waals surface area contributed by atoms with Crippen LogP contribution in [0.25, 0.3) is 6.08 Å². The first-order chi connectivity index (χ1) is 15.4. The maximum absolute atomic E-state index is 12.8. The van der Waals surface area contributed by atoms with E-state index in [2.05, 4.69) is 4.99 Å². The first-order valence-corrected chi connectivity index (χ1v) is 12.1. The van der Waals surface area contributed by atoms with Crippen molar-refractivity contribution in [3.63, 3.8) is 0 Å². The molecule has 0 aliphatic carbocycles. The summed E-state index contributed by atoms with van der Waals surface area (Å²) in [5, 5.41) is 0.853. The molecule has 0 amide bonds. The number of carbonyl (C=O) groups is 1. The third-order valence-corrected chi connectivity index (χ3v) is 6.79. The predicted octanol–water partition coefficient (Wildman–Crippen LogP) is 6.25. The highest BCUT2D eigenvalue weighted by molar-refractivity contribution is 8.15. The van der Waals surface area contributed by atoms with Crippen LogP contribution in [-0.4, -0.2) is 42.3 Å². The van der Waals surface area contributed by atoms with Gasteiger partial charge < -0.3 is 9.47 Å². The van der Waals surface area contributed by atoms with Gasteiger partial charge in [0.05, 0.1) is 17.7 Å². The molecule has 0 spiro atoms. The van der Waals surface area contributed by atoms with E-state index in [9.17, 15) is 13.6 Å². The molecule has 0 saturated heterocycles. The summed E-state index contributed by atoms with van der Waals surface area (Å²) in [5.41, 5.74) is 2.21. The van der Waals surface area contributed by atoms with Gasteiger partial charge in [-0.05, 0) is 38.1 Å². The van der Waals surface area contributed by atoms with Crippen molar-refractivity contribution in [1.82, 2.24) is 0 Å². The summed E-state index contributed by atoms with van der Waals surface area (Å²) in [6, 6.07) is 12.3. The summed E-state index contributed by atoms with van der Waals surface area (Å²) in [4.78, 5) is 17.5. The SMILES string of the molecule is COC(=O)C1=Cc2cc(SCCSC(=NC(C)C)c3ccc(C(F)F)cc3)ccc2OC1. The van der Waals surface area contributed by atoms with Crippen LogP contribution < -0.4 is 4.74 Å². The zero-order valence-electron chi connectivity index (χ0n) is 18.1. The molecule has 1 heterocycles. The van der Waals surface area contributed by atoms with Crippen LogP contribution in [0.15, 0.2) is 57.9 Å². The van der Waals surface area contributed by atoms with Gasteiger partial charge in [0.1, 0.15) is 12.4 Å². The maximum Gasteiger partial charge on any atom is 0.337 e. The van der Waals surface area contributed by atoms with E-state index in [1.165, 1.54) is 19.2 Å². The monoisotopic (exact) mass is 477 g/mol. The Bertz CT molecular complexity index is 1000. The third kappa shape index (κ3) is 6.59. The lowest BCUT2D eigenvalue weighted by atomic mass is 10.1. The number of hydrogen-bond acceptors (Lipinski definition) is 6. The molecule has 0 fully saturated rings. The zero-order valence-corrected chi connectivity index (χ0v) is 19.8. The summed E-state index contributed by atoms with van der Waals surface area (Å²) in [6.07, 6.45) is -0.668. The topological polar surface area (TPSA) is 47.9 Å². The Morgan fingerprint density at radius 2 is 1.91 bits per heavy atom. The smallest absolute Gasteiger partial charge is 0.337 e. The Balaban J connectivity index is 1.61. The molecule has 2 aromatic carbocycles. The summed E-state index contributed by atoms with van der Waals surface area (Å²) in [6.45, 7) is 4.20. The van der Waals surface area contributed by atoms with Gasteiger partial charge in [-0.25, -0.2) is 13.6 Å². The molecular weight excluding hydrogens is 452 g/mol. The summed E-state index contributed by atoms with van der Waals surface area (Å²) in [7, 11) is 1.35. The molecule has 0 aromatic heterocycles. The Labute approximate surface area is 195 Å². The van der Waals surface area contributed by atoms with Crippen molar-refractivity contribution in [2.75, 3.05) is 25.2 Å². The fourth-order valence-corrected chi connectivity index (χ4v) is 5.05. The first-order valence-electron chi connectivity index (χ1n) is 10.1. The van der Waals surface area contributed by atoms with E-state index in [1.807, 2.05) is 32.0 Å². The van der Waals surface area contributed by atoms with E-state index in [-0.39, 0.29) is 24.2 Å². The Hall–Kier alpha value is -2.32. The summed E-state index contributed by atoms with van der Waals surface area (Å²) in [5.74, 6) is 2.01. The average Bonchev–Trinajstić information content (AvgIpc) is 2.79. The molecule has 4 nitrogen and oxygen atoms in total. The normalized spacial score (nSPS) is 13.6. The van der Waals surface area contributed by atoms with Crippen LogP contribution in [0, 0.1) is 0 Å². The number of methoxy groups -OCH3 is 1. The maximum atomic E-state index is 12.8. The highest BCUT2D eigenvalue weighted by Crippen LogP contribution is 2.32. The summed E-state index contributed by atoms with van der Waals surface area (Å²) < 4.78 is 36.1. The molecule has 0 atom stereocenters. The van der Waals surface area contributed by atoms with Crippen LogP contribution in [0.2, 0.25) is 0 Å². The van der Waals surface area contributed by atoms with Crippen LogP contribution in [0.1, 0.15) is 37.0 Å². The van der Waals surface area contributed by atoms with E-state index < -0.39 is 6.43 Å². The van der Waals surface area contributed by atoms with Gasteiger partial charge in [-0.15, -0.1) is 23.5 Å². The lowest BCUT2D eigenvalue weighted by Crippen LogP contribution is -2.15. The van der Waals surface area contributed by atoms with E-state index >= 15 is 0 Å². The first kappa shape index (κ1) is 24.3. The van der Waals surface area contributed by atoms with Crippen molar-refractivity contribution in [2.24, 2.45) is 4.99 Å².